The highest BCUT2D eigenvalue weighted by molar-refractivity contribution is 5.45. The first-order valence-corrected chi connectivity index (χ1v) is 6.68. The third-order valence-electron chi connectivity index (χ3n) is 3.29. The molecule has 19 heavy (non-hydrogen) atoms. The number of hydrogen-bond acceptors (Lipinski definition) is 5. The molecule has 2 aromatic rings. The summed E-state index contributed by atoms with van der Waals surface area (Å²) in [4.78, 5) is 6.93. The molecule has 3 heterocycles. The minimum atomic E-state index is 0.357. The smallest absolute Gasteiger partial charge is 0.157 e. The van der Waals surface area contributed by atoms with Crippen LogP contribution < -0.4 is 5.32 Å². The Labute approximate surface area is 112 Å². The molecule has 0 aromatic carbocycles. The van der Waals surface area contributed by atoms with Gasteiger partial charge in [-0.25, -0.2) is 9.50 Å². The molecule has 0 radical (unpaired) electrons. The van der Waals surface area contributed by atoms with Gasteiger partial charge in [-0.05, 0) is 13.0 Å². The van der Waals surface area contributed by atoms with Gasteiger partial charge in [0.05, 0.1) is 19.4 Å². The van der Waals surface area contributed by atoms with Crippen molar-refractivity contribution in [3.8, 4) is 0 Å². The Morgan fingerprint density at radius 2 is 2.21 bits per heavy atom. The Morgan fingerprint density at radius 1 is 1.37 bits per heavy atom. The third-order valence-corrected chi connectivity index (χ3v) is 3.29. The van der Waals surface area contributed by atoms with Crippen LogP contribution in [0.2, 0.25) is 0 Å². The lowest BCUT2D eigenvalue weighted by Crippen LogP contribution is -2.42. The number of aromatic nitrogens is 3. The standard InChI is InChI=1S/C13H19N5O/c1-11(10-17-6-8-19-9-7-17)15-12-3-5-18-13(16-12)2-4-14-18/h2-5,11H,6-10H2,1H3,(H,15,16). The summed E-state index contributed by atoms with van der Waals surface area (Å²) in [6, 6.07) is 4.21. The molecule has 6 nitrogen and oxygen atoms in total. The van der Waals surface area contributed by atoms with Crippen LogP contribution in [-0.2, 0) is 4.74 Å². The second-order valence-electron chi connectivity index (χ2n) is 4.91. The maximum Gasteiger partial charge on any atom is 0.157 e. The zero-order valence-electron chi connectivity index (χ0n) is 11.1. The highest BCUT2D eigenvalue weighted by Gasteiger charge is 2.13. The first-order chi connectivity index (χ1) is 9.31. The van der Waals surface area contributed by atoms with Crippen molar-refractivity contribution in [2.24, 2.45) is 0 Å². The van der Waals surface area contributed by atoms with E-state index in [4.69, 9.17) is 4.74 Å². The molecule has 6 heteroatoms. The fraction of sp³-hybridized carbons (Fsp3) is 0.538. The van der Waals surface area contributed by atoms with Crippen LogP contribution in [0.5, 0.6) is 0 Å². The van der Waals surface area contributed by atoms with Crippen molar-refractivity contribution >= 4 is 11.5 Å². The van der Waals surface area contributed by atoms with Crippen molar-refractivity contribution in [3.63, 3.8) is 0 Å². The Kier molecular flexibility index (Phi) is 3.61. The van der Waals surface area contributed by atoms with E-state index in [0.29, 0.717) is 6.04 Å². The SMILES string of the molecule is CC(CN1CCOCC1)Nc1ccn2nccc2n1. The second-order valence-corrected chi connectivity index (χ2v) is 4.91. The van der Waals surface area contributed by atoms with Crippen molar-refractivity contribution < 1.29 is 4.74 Å². The van der Waals surface area contributed by atoms with Crippen molar-refractivity contribution in [3.05, 3.63) is 24.5 Å². The summed E-state index contributed by atoms with van der Waals surface area (Å²) in [6.07, 6.45) is 3.68. The van der Waals surface area contributed by atoms with Gasteiger partial charge in [-0.2, -0.15) is 5.10 Å². The molecule has 1 fully saturated rings. The summed E-state index contributed by atoms with van der Waals surface area (Å²) < 4.78 is 7.12. The van der Waals surface area contributed by atoms with E-state index in [1.165, 1.54) is 0 Å². The molecule has 3 rings (SSSR count). The maximum absolute atomic E-state index is 5.35. The van der Waals surface area contributed by atoms with E-state index in [9.17, 15) is 0 Å². The van der Waals surface area contributed by atoms with Gasteiger partial charge < -0.3 is 10.1 Å². The number of anilines is 1. The van der Waals surface area contributed by atoms with E-state index in [1.807, 2.05) is 18.3 Å². The normalized spacial score (nSPS) is 18.6. The van der Waals surface area contributed by atoms with Crippen molar-refractivity contribution in [1.82, 2.24) is 19.5 Å². The summed E-state index contributed by atoms with van der Waals surface area (Å²) in [5, 5.41) is 7.57. The number of ether oxygens (including phenoxy) is 1. The van der Waals surface area contributed by atoms with E-state index in [0.717, 1.165) is 44.3 Å². The lowest BCUT2D eigenvalue weighted by Gasteiger charge is -2.29. The number of morpholine rings is 1. The van der Waals surface area contributed by atoms with Gasteiger partial charge in [0.25, 0.3) is 0 Å². The maximum atomic E-state index is 5.35. The quantitative estimate of drug-likeness (QED) is 0.884. The van der Waals surface area contributed by atoms with E-state index >= 15 is 0 Å². The Hall–Kier alpha value is -1.66. The summed E-state index contributed by atoms with van der Waals surface area (Å²) in [7, 11) is 0. The van der Waals surface area contributed by atoms with Crippen LogP contribution in [-0.4, -0.2) is 58.4 Å². The zero-order chi connectivity index (χ0) is 13.1. The molecular formula is C13H19N5O. The molecule has 1 aliphatic heterocycles. The van der Waals surface area contributed by atoms with Crippen LogP contribution in [0.25, 0.3) is 5.65 Å². The van der Waals surface area contributed by atoms with Crippen LogP contribution in [0.15, 0.2) is 24.5 Å². The first kappa shape index (κ1) is 12.4. The third kappa shape index (κ3) is 3.02. The summed E-state index contributed by atoms with van der Waals surface area (Å²) in [5.74, 6) is 0.897. The van der Waals surface area contributed by atoms with Crippen molar-refractivity contribution in [2.75, 3.05) is 38.2 Å². The molecule has 0 saturated carbocycles. The van der Waals surface area contributed by atoms with Gasteiger partial charge >= 0.3 is 0 Å². The lowest BCUT2D eigenvalue weighted by molar-refractivity contribution is 0.0368. The minimum Gasteiger partial charge on any atom is -0.379 e. The van der Waals surface area contributed by atoms with Gasteiger partial charge in [0.1, 0.15) is 5.82 Å². The van der Waals surface area contributed by atoms with E-state index in [-0.39, 0.29) is 0 Å². The zero-order valence-corrected chi connectivity index (χ0v) is 11.1. The van der Waals surface area contributed by atoms with E-state index in [1.54, 1.807) is 10.7 Å². The molecule has 1 saturated heterocycles. The summed E-state index contributed by atoms with van der Waals surface area (Å²) >= 11 is 0. The molecule has 1 N–H and O–H groups in total. The molecule has 2 aromatic heterocycles. The molecule has 102 valence electrons. The fourth-order valence-corrected chi connectivity index (χ4v) is 2.36. The molecule has 1 aliphatic rings. The number of rotatable bonds is 4. The average Bonchev–Trinajstić information content (AvgIpc) is 2.87. The van der Waals surface area contributed by atoms with Gasteiger partial charge in [0, 0.05) is 37.9 Å². The van der Waals surface area contributed by atoms with Gasteiger partial charge in [-0.3, -0.25) is 4.90 Å². The predicted octanol–water partition coefficient (Wildman–Crippen LogP) is 0.862. The number of fused-ring (bicyclic) bond motifs is 1. The Bertz CT molecular complexity index is 535. The van der Waals surface area contributed by atoms with Gasteiger partial charge in [0.2, 0.25) is 0 Å². The number of nitrogens with one attached hydrogen (secondary N) is 1. The average molecular weight is 261 g/mol. The summed E-state index contributed by atoms with van der Waals surface area (Å²) in [5.41, 5.74) is 0.864. The molecule has 1 atom stereocenters. The molecule has 1 unspecified atom stereocenters. The van der Waals surface area contributed by atoms with Crippen LogP contribution in [0.4, 0.5) is 5.82 Å². The van der Waals surface area contributed by atoms with Crippen LogP contribution in [0, 0.1) is 0 Å². The van der Waals surface area contributed by atoms with Crippen LogP contribution in [0.3, 0.4) is 0 Å². The highest BCUT2D eigenvalue weighted by Crippen LogP contribution is 2.08. The van der Waals surface area contributed by atoms with Crippen LogP contribution in [0.1, 0.15) is 6.92 Å². The monoisotopic (exact) mass is 261 g/mol. The van der Waals surface area contributed by atoms with Crippen molar-refractivity contribution in [1.29, 1.82) is 0 Å². The van der Waals surface area contributed by atoms with Gasteiger partial charge in [-0.1, -0.05) is 0 Å². The van der Waals surface area contributed by atoms with Crippen molar-refractivity contribution in [2.45, 2.75) is 13.0 Å². The highest BCUT2D eigenvalue weighted by atomic mass is 16.5. The largest absolute Gasteiger partial charge is 0.379 e. The van der Waals surface area contributed by atoms with Gasteiger partial charge in [-0.15, -0.1) is 0 Å². The van der Waals surface area contributed by atoms with Gasteiger partial charge in [0.15, 0.2) is 5.65 Å². The molecule has 0 aliphatic carbocycles. The minimum absolute atomic E-state index is 0.357. The van der Waals surface area contributed by atoms with E-state index in [2.05, 4.69) is 27.2 Å². The molecule has 0 bridgehead atoms. The number of hydrogen-bond donors (Lipinski definition) is 1. The topological polar surface area (TPSA) is 54.7 Å². The number of nitrogens with zero attached hydrogens (tertiary/aromatic N) is 4. The Morgan fingerprint density at radius 3 is 3.05 bits per heavy atom. The molecule has 0 amide bonds. The van der Waals surface area contributed by atoms with Crippen LogP contribution >= 0.6 is 0 Å². The van der Waals surface area contributed by atoms with E-state index < -0.39 is 0 Å². The Balaban J connectivity index is 1.59. The lowest BCUT2D eigenvalue weighted by atomic mass is 10.3. The molecular weight excluding hydrogens is 242 g/mol. The second kappa shape index (κ2) is 5.54. The predicted molar refractivity (Wildman–Crippen MR) is 73.3 cm³/mol. The fourth-order valence-electron chi connectivity index (χ4n) is 2.36. The molecule has 0 spiro atoms. The first-order valence-electron chi connectivity index (χ1n) is 6.68. The summed E-state index contributed by atoms with van der Waals surface area (Å²) in [6.45, 7) is 6.90.